The molecule has 0 radical (unpaired) electrons. The van der Waals surface area contributed by atoms with E-state index in [0.717, 1.165) is 6.42 Å². The number of hydrogen-bond donors (Lipinski definition) is 0. The second-order valence-electron chi connectivity index (χ2n) is 6.29. The Kier molecular flexibility index (Phi) is 3.12. The molecule has 0 aliphatic carbocycles. The molecule has 0 saturated carbocycles. The highest BCUT2D eigenvalue weighted by atomic mass is 19.4. The number of piperazine rings is 1. The predicted octanol–water partition coefficient (Wildman–Crippen LogP) is 1.88. The van der Waals surface area contributed by atoms with Gasteiger partial charge in [0.15, 0.2) is 0 Å². The number of piperidine rings is 1. The molecule has 104 valence electrons. The van der Waals surface area contributed by atoms with Crippen molar-refractivity contribution in [2.24, 2.45) is 5.41 Å². The number of carbonyl (C=O) groups is 1. The van der Waals surface area contributed by atoms with E-state index in [0.29, 0.717) is 13.1 Å². The molecular formula is C12H19F3N2O. The van der Waals surface area contributed by atoms with E-state index in [2.05, 4.69) is 0 Å². The van der Waals surface area contributed by atoms with Crippen molar-refractivity contribution < 1.29 is 18.0 Å². The van der Waals surface area contributed by atoms with Crippen molar-refractivity contribution >= 4 is 5.91 Å². The van der Waals surface area contributed by atoms with E-state index in [1.54, 1.807) is 4.90 Å². The van der Waals surface area contributed by atoms with Gasteiger partial charge in [-0.25, -0.2) is 0 Å². The van der Waals surface area contributed by atoms with Crippen molar-refractivity contribution in [2.45, 2.75) is 45.5 Å². The third kappa shape index (κ3) is 2.63. The molecule has 3 aliphatic rings. The van der Waals surface area contributed by atoms with Gasteiger partial charge in [0.2, 0.25) is 5.91 Å². The van der Waals surface area contributed by atoms with Gasteiger partial charge in [0.1, 0.15) is 0 Å². The van der Waals surface area contributed by atoms with E-state index in [4.69, 9.17) is 0 Å². The van der Waals surface area contributed by atoms with Crippen LogP contribution in [0.3, 0.4) is 0 Å². The fourth-order valence-electron chi connectivity index (χ4n) is 2.79. The van der Waals surface area contributed by atoms with Crippen LogP contribution in [-0.2, 0) is 4.79 Å². The van der Waals surface area contributed by atoms with Gasteiger partial charge in [-0.3, -0.25) is 9.69 Å². The number of carbonyl (C=O) groups excluding carboxylic acids is 1. The molecule has 0 N–H and O–H groups in total. The number of nitrogens with zero attached hydrogens (tertiary/aromatic N) is 2. The van der Waals surface area contributed by atoms with E-state index >= 15 is 0 Å². The van der Waals surface area contributed by atoms with E-state index in [9.17, 15) is 18.0 Å². The first-order chi connectivity index (χ1) is 8.08. The molecule has 3 aliphatic heterocycles. The van der Waals surface area contributed by atoms with Gasteiger partial charge in [-0.15, -0.1) is 0 Å². The SMILES string of the molecule is CC(C)(C)C(=O)N1CC2CC(C1)N2CC(F)(F)F. The number of amides is 1. The van der Waals surface area contributed by atoms with Crippen LogP contribution < -0.4 is 0 Å². The quantitative estimate of drug-likeness (QED) is 0.722. The zero-order valence-electron chi connectivity index (χ0n) is 10.9. The van der Waals surface area contributed by atoms with Crippen molar-refractivity contribution in [3.05, 3.63) is 0 Å². The molecule has 18 heavy (non-hydrogen) atoms. The summed E-state index contributed by atoms with van der Waals surface area (Å²) in [6.07, 6.45) is -3.36. The van der Waals surface area contributed by atoms with E-state index < -0.39 is 18.1 Å². The maximum absolute atomic E-state index is 12.4. The average Bonchev–Trinajstić information content (AvgIpc) is 2.22. The molecule has 6 heteroatoms. The van der Waals surface area contributed by atoms with Crippen LogP contribution in [0.2, 0.25) is 0 Å². The minimum absolute atomic E-state index is 0.0314. The Morgan fingerprint density at radius 3 is 2.06 bits per heavy atom. The van der Waals surface area contributed by atoms with Crippen LogP contribution in [0, 0.1) is 5.41 Å². The third-order valence-electron chi connectivity index (χ3n) is 3.64. The molecule has 2 unspecified atom stereocenters. The second kappa shape index (κ2) is 4.11. The van der Waals surface area contributed by atoms with Crippen LogP contribution in [0.25, 0.3) is 0 Å². The first kappa shape index (κ1) is 13.6. The van der Waals surface area contributed by atoms with Gasteiger partial charge in [0, 0.05) is 30.6 Å². The van der Waals surface area contributed by atoms with Crippen LogP contribution in [0.1, 0.15) is 27.2 Å². The lowest BCUT2D eigenvalue weighted by Crippen LogP contribution is -2.71. The smallest absolute Gasteiger partial charge is 0.339 e. The number of alkyl halides is 3. The lowest BCUT2D eigenvalue weighted by molar-refractivity contribution is -0.191. The zero-order valence-corrected chi connectivity index (χ0v) is 10.9. The summed E-state index contributed by atoms with van der Waals surface area (Å²) in [5.74, 6) is 0.0314. The number of rotatable bonds is 1. The Balaban J connectivity index is 1.94. The molecule has 3 fully saturated rings. The molecular weight excluding hydrogens is 245 g/mol. The molecule has 0 aromatic heterocycles. The first-order valence-corrected chi connectivity index (χ1v) is 6.20. The van der Waals surface area contributed by atoms with Crippen molar-refractivity contribution in [2.75, 3.05) is 19.6 Å². The Bertz CT molecular complexity index is 336. The molecule has 3 nitrogen and oxygen atoms in total. The molecule has 0 aromatic carbocycles. The van der Waals surface area contributed by atoms with Gasteiger partial charge in [0.05, 0.1) is 6.54 Å². The van der Waals surface area contributed by atoms with Crippen LogP contribution in [-0.4, -0.2) is 53.6 Å². The molecule has 1 amide bonds. The van der Waals surface area contributed by atoms with E-state index in [1.807, 2.05) is 20.8 Å². The molecule has 3 rings (SSSR count). The Morgan fingerprint density at radius 1 is 1.17 bits per heavy atom. The molecule has 3 heterocycles. The largest absolute Gasteiger partial charge is 0.401 e. The second-order valence-corrected chi connectivity index (χ2v) is 6.29. The molecule has 2 atom stereocenters. The van der Waals surface area contributed by atoms with Gasteiger partial charge in [0.25, 0.3) is 0 Å². The third-order valence-corrected chi connectivity index (χ3v) is 3.64. The highest BCUT2D eigenvalue weighted by molar-refractivity contribution is 5.81. The fraction of sp³-hybridized carbons (Fsp3) is 0.917. The Labute approximate surface area is 105 Å². The monoisotopic (exact) mass is 264 g/mol. The van der Waals surface area contributed by atoms with Crippen LogP contribution in [0.5, 0.6) is 0 Å². The fourth-order valence-corrected chi connectivity index (χ4v) is 2.79. The van der Waals surface area contributed by atoms with Crippen LogP contribution >= 0.6 is 0 Å². The normalized spacial score (nSPS) is 29.1. The summed E-state index contributed by atoms with van der Waals surface area (Å²) >= 11 is 0. The van der Waals surface area contributed by atoms with Crippen LogP contribution in [0.15, 0.2) is 0 Å². The summed E-state index contributed by atoms with van der Waals surface area (Å²) in [6, 6.07) is -0.228. The lowest BCUT2D eigenvalue weighted by Gasteiger charge is -2.57. The standard InChI is InChI=1S/C12H19F3N2O/c1-11(2,3)10(18)16-5-8-4-9(6-16)17(8)7-12(13,14)15/h8-9H,4-7H2,1-3H3. The maximum atomic E-state index is 12.4. The summed E-state index contributed by atoms with van der Waals surface area (Å²) in [6.45, 7) is 5.53. The van der Waals surface area contributed by atoms with Crippen molar-refractivity contribution in [1.29, 1.82) is 0 Å². The topological polar surface area (TPSA) is 23.6 Å². The van der Waals surface area contributed by atoms with E-state index in [-0.39, 0.29) is 18.0 Å². The van der Waals surface area contributed by atoms with Crippen molar-refractivity contribution in [3.63, 3.8) is 0 Å². The van der Waals surface area contributed by atoms with Gasteiger partial charge >= 0.3 is 6.18 Å². The summed E-state index contributed by atoms with van der Waals surface area (Å²) < 4.78 is 37.1. The first-order valence-electron chi connectivity index (χ1n) is 6.20. The lowest BCUT2D eigenvalue weighted by atomic mass is 9.85. The predicted molar refractivity (Wildman–Crippen MR) is 61.0 cm³/mol. The Hall–Kier alpha value is -0.780. The van der Waals surface area contributed by atoms with Crippen molar-refractivity contribution in [1.82, 2.24) is 9.80 Å². The highest BCUT2D eigenvalue weighted by Crippen LogP contribution is 2.36. The van der Waals surface area contributed by atoms with Gasteiger partial charge in [-0.2, -0.15) is 13.2 Å². The van der Waals surface area contributed by atoms with Crippen LogP contribution in [0.4, 0.5) is 13.2 Å². The molecule has 0 spiro atoms. The highest BCUT2D eigenvalue weighted by Gasteiger charge is 2.50. The molecule has 0 aromatic rings. The number of hydrogen-bond acceptors (Lipinski definition) is 2. The molecule has 2 bridgehead atoms. The number of fused-ring (bicyclic) bond motifs is 2. The molecule has 3 saturated heterocycles. The minimum Gasteiger partial charge on any atom is -0.339 e. The maximum Gasteiger partial charge on any atom is 0.401 e. The summed E-state index contributed by atoms with van der Waals surface area (Å²) in [5.41, 5.74) is -0.460. The van der Waals surface area contributed by atoms with Gasteiger partial charge in [-0.1, -0.05) is 20.8 Å². The summed E-state index contributed by atoms with van der Waals surface area (Å²) in [7, 11) is 0. The summed E-state index contributed by atoms with van der Waals surface area (Å²) in [5, 5.41) is 0. The van der Waals surface area contributed by atoms with E-state index in [1.165, 1.54) is 4.90 Å². The summed E-state index contributed by atoms with van der Waals surface area (Å²) in [4.78, 5) is 15.3. The van der Waals surface area contributed by atoms with Gasteiger partial charge < -0.3 is 4.90 Å². The average molecular weight is 264 g/mol. The Morgan fingerprint density at radius 2 is 1.67 bits per heavy atom. The van der Waals surface area contributed by atoms with Crippen molar-refractivity contribution in [3.8, 4) is 0 Å². The zero-order chi connectivity index (χ0) is 13.7. The van der Waals surface area contributed by atoms with Gasteiger partial charge in [-0.05, 0) is 6.42 Å². The number of halogens is 3. The minimum atomic E-state index is -4.15.